The van der Waals surface area contributed by atoms with Crippen LogP contribution in [-0.2, 0) is 26.1 Å². The zero-order valence-corrected chi connectivity index (χ0v) is 25.6. The number of benzene rings is 3. The Morgan fingerprint density at radius 3 is 2.18 bits per heavy atom. The van der Waals surface area contributed by atoms with E-state index in [2.05, 4.69) is 20.8 Å². The molecule has 44 heavy (non-hydrogen) atoms. The third-order valence-corrected chi connectivity index (χ3v) is 8.86. The molecule has 230 valence electrons. The van der Waals surface area contributed by atoms with Crippen molar-refractivity contribution in [3.63, 3.8) is 0 Å². The first-order valence-corrected chi connectivity index (χ1v) is 15.6. The van der Waals surface area contributed by atoms with Crippen LogP contribution >= 0.6 is 11.8 Å². The van der Waals surface area contributed by atoms with Crippen molar-refractivity contribution < 1.29 is 31.9 Å². The third-order valence-electron chi connectivity index (χ3n) is 6.10. The molecule has 3 aromatic carbocycles. The maximum Gasteiger partial charge on any atom is 0.338 e. The lowest BCUT2D eigenvalue weighted by molar-refractivity contribution is -0.113. The van der Waals surface area contributed by atoms with E-state index in [1.165, 1.54) is 62.6 Å². The smallest absolute Gasteiger partial charge is 0.338 e. The number of amides is 2. The van der Waals surface area contributed by atoms with Gasteiger partial charge in [-0.15, -0.1) is 10.2 Å². The summed E-state index contributed by atoms with van der Waals surface area (Å²) in [5.74, 6) is -1.46. The summed E-state index contributed by atoms with van der Waals surface area (Å²) in [6.45, 7) is 1.90. The molecule has 2 N–H and O–H groups in total. The van der Waals surface area contributed by atoms with Crippen LogP contribution in [0.25, 0.3) is 5.69 Å². The third kappa shape index (κ3) is 7.86. The van der Waals surface area contributed by atoms with Gasteiger partial charge in [-0.25, -0.2) is 21.9 Å². The van der Waals surface area contributed by atoms with Crippen LogP contribution in [0.4, 0.5) is 10.1 Å². The molecule has 0 unspecified atom stereocenters. The molecule has 15 heteroatoms. The molecule has 4 aromatic rings. The lowest BCUT2D eigenvalue weighted by Gasteiger charge is -2.12. The number of rotatable bonds is 12. The predicted octanol–water partition coefficient (Wildman–Crippen LogP) is 3.49. The van der Waals surface area contributed by atoms with Crippen molar-refractivity contribution in [3.8, 4) is 5.69 Å². The van der Waals surface area contributed by atoms with Crippen LogP contribution in [0.5, 0.6) is 0 Å². The zero-order chi connectivity index (χ0) is 31.9. The molecule has 2 amide bonds. The number of nitrogens with zero attached hydrogens (tertiary/aromatic N) is 4. The molecule has 12 nitrogen and oxygen atoms in total. The molecule has 0 saturated heterocycles. The van der Waals surface area contributed by atoms with Gasteiger partial charge in [0, 0.05) is 31.0 Å². The molecular formula is C29H29FN6O6S2. The monoisotopic (exact) mass is 640 g/mol. The normalized spacial score (nSPS) is 11.3. The molecule has 0 aliphatic rings. The molecule has 4 rings (SSSR count). The summed E-state index contributed by atoms with van der Waals surface area (Å²) in [4.78, 5) is 37.4. The maximum absolute atomic E-state index is 13.7. The molecule has 0 aliphatic carbocycles. The zero-order valence-electron chi connectivity index (χ0n) is 24.0. The number of anilines is 1. The molecule has 0 aliphatic heterocycles. The lowest BCUT2D eigenvalue weighted by Crippen LogP contribution is -2.25. The highest BCUT2D eigenvalue weighted by Gasteiger charge is 2.20. The molecule has 1 heterocycles. The Balaban J connectivity index is 1.45. The fraction of sp³-hybridized carbons (Fsp3) is 0.207. The second-order valence-corrected chi connectivity index (χ2v) is 12.4. The van der Waals surface area contributed by atoms with Crippen molar-refractivity contribution in [1.82, 2.24) is 24.4 Å². The minimum absolute atomic E-state index is 0.0481. The van der Waals surface area contributed by atoms with Gasteiger partial charge in [-0.1, -0.05) is 11.8 Å². The van der Waals surface area contributed by atoms with E-state index in [0.29, 0.717) is 27.9 Å². The van der Waals surface area contributed by atoms with Gasteiger partial charge in [0.1, 0.15) is 5.82 Å². The van der Waals surface area contributed by atoms with Gasteiger partial charge in [0.2, 0.25) is 15.9 Å². The van der Waals surface area contributed by atoms with Crippen molar-refractivity contribution in [3.05, 3.63) is 95.6 Å². The number of aromatic nitrogens is 3. The minimum atomic E-state index is -3.64. The molecule has 0 atom stereocenters. The summed E-state index contributed by atoms with van der Waals surface area (Å²) in [5.41, 5.74) is 1.59. The SMILES string of the molecule is CCOC(=O)c1ccc(NC(=O)CSc2nnc(CNC(=O)c3ccc(S(=O)(=O)N(C)C)cc3)n2-c2ccc(F)cc2)cc1. The predicted molar refractivity (Wildman–Crippen MR) is 162 cm³/mol. The fourth-order valence-corrected chi connectivity index (χ4v) is 5.51. The Hall–Kier alpha value is -4.60. The Morgan fingerprint density at radius 2 is 1.57 bits per heavy atom. The molecule has 1 aromatic heterocycles. The number of carbonyl (C=O) groups is 3. The molecule has 0 fully saturated rings. The number of carbonyl (C=O) groups excluding carboxylic acids is 3. The Bertz CT molecular complexity index is 1740. The largest absolute Gasteiger partial charge is 0.462 e. The van der Waals surface area contributed by atoms with Gasteiger partial charge < -0.3 is 15.4 Å². The number of sulfonamides is 1. The summed E-state index contributed by atoms with van der Waals surface area (Å²) in [5, 5.41) is 14.2. The number of nitrogens with one attached hydrogen (secondary N) is 2. The average Bonchev–Trinajstić information content (AvgIpc) is 3.42. The highest BCUT2D eigenvalue weighted by molar-refractivity contribution is 7.99. The summed E-state index contributed by atoms with van der Waals surface area (Å²) in [6.07, 6.45) is 0. The van der Waals surface area contributed by atoms with Crippen LogP contribution in [0.15, 0.2) is 82.8 Å². The van der Waals surface area contributed by atoms with E-state index in [1.807, 2.05) is 0 Å². The highest BCUT2D eigenvalue weighted by atomic mass is 32.2. The van der Waals surface area contributed by atoms with Crippen LogP contribution in [0.1, 0.15) is 33.5 Å². The van der Waals surface area contributed by atoms with Crippen molar-refractivity contribution in [2.24, 2.45) is 0 Å². The van der Waals surface area contributed by atoms with E-state index in [4.69, 9.17) is 4.74 Å². The lowest BCUT2D eigenvalue weighted by atomic mass is 10.2. The van der Waals surface area contributed by atoms with Gasteiger partial charge in [-0.3, -0.25) is 14.2 Å². The first kappa shape index (κ1) is 32.3. The number of esters is 1. The maximum atomic E-state index is 13.7. The van der Waals surface area contributed by atoms with Crippen molar-refractivity contribution in [2.45, 2.75) is 23.5 Å². The summed E-state index contributed by atoms with van der Waals surface area (Å²) in [6, 6.07) is 17.3. The number of hydrogen-bond acceptors (Lipinski definition) is 9. The van der Waals surface area contributed by atoms with Gasteiger partial charge in [0.25, 0.3) is 5.91 Å². The summed E-state index contributed by atoms with van der Waals surface area (Å²) in [7, 11) is -0.810. The van der Waals surface area contributed by atoms with E-state index >= 15 is 0 Å². The Morgan fingerprint density at radius 1 is 0.932 bits per heavy atom. The van der Waals surface area contributed by atoms with Gasteiger partial charge in [-0.2, -0.15) is 0 Å². The van der Waals surface area contributed by atoms with Gasteiger partial charge >= 0.3 is 5.97 Å². The number of halogens is 1. The molecule has 0 radical (unpaired) electrons. The van der Waals surface area contributed by atoms with E-state index in [9.17, 15) is 27.2 Å². The van der Waals surface area contributed by atoms with E-state index in [1.54, 1.807) is 35.8 Å². The number of ether oxygens (including phenoxy) is 1. The average molecular weight is 641 g/mol. The van der Waals surface area contributed by atoms with Crippen molar-refractivity contribution in [2.75, 3.05) is 31.8 Å². The first-order chi connectivity index (χ1) is 21.0. The molecule has 0 spiro atoms. The van der Waals surface area contributed by atoms with E-state index < -0.39 is 27.7 Å². The number of thioether (sulfide) groups is 1. The number of hydrogen-bond donors (Lipinski definition) is 2. The Labute approximate surface area is 257 Å². The van der Waals surface area contributed by atoms with E-state index in [0.717, 1.165) is 16.1 Å². The van der Waals surface area contributed by atoms with Crippen LogP contribution in [0.2, 0.25) is 0 Å². The molecular weight excluding hydrogens is 611 g/mol. The standard InChI is InChI=1S/C29H29FN6O6S2/c1-4-42-28(39)20-5-11-22(12-6-20)32-26(37)18-43-29-34-33-25(36(29)23-13-9-21(30)10-14-23)17-31-27(38)19-7-15-24(16-8-19)44(40,41)35(2)3/h5-16H,4,17-18H2,1-3H3,(H,31,38)(H,32,37). The summed E-state index contributed by atoms with van der Waals surface area (Å²) >= 11 is 1.08. The van der Waals surface area contributed by atoms with Crippen LogP contribution < -0.4 is 10.6 Å². The molecule has 0 saturated carbocycles. The quantitative estimate of drug-likeness (QED) is 0.175. The van der Waals surface area contributed by atoms with Gasteiger partial charge in [0.15, 0.2) is 11.0 Å². The van der Waals surface area contributed by atoms with Crippen LogP contribution in [0, 0.1) is 5.82 Å². The topological polar surface area (TPSA) is 153 Å². The second-order valence-electron chi connectivity index (χ2n) is 9.34. The highest BCUT2D eigenvalue weighted by Crippen LogP contribution is 2.23. The fourth-order valence-electron chi connectivity index (χ4n) is 3.84. The van der Waals surface area contributed by atoms with Crippen LogP contribution in [0.3, 0.4) is 0 Å². The molecule has 0 bridgehead atoms. The Kier molecular flexibility index (Phi) is 10.5. The summed E-state index contributed by atoms with van der Waals surface area (Å²) < 4.78 is 45.9. The first-order valence-electron chi connectivity index (χ1n) is 13.2. The second kappa shape index (κ2) is 14.2. The van der Waals surface area contributed by atoms with Gasteiger partial charge in [0.05, 0.1) is 29.4 Å². The van der Waals surface area contributed by atoms with E-state index in [-0.39, 0.29) is 35.3 Å². The van der Waals surface area contributed by atoms with Crippen LogP contribution in [-0.4, -0.2) is 71.7 Å². The minimum Gasteiger partial charge on any atom is -0.462 e. The van der Waals surface area contributed by atoms with Crippen molar-refractivity contribution >= 4 is 45.3 Å². The van der Waals surface area contributed by atoms with Gasteiger partial charge in [-0.05, 0) is 79.7 Å². The van der Waals surface area contributed by atoms with Crippen molar-refractivity contribution in [1.29, 1.82) is 0 Å².